The molecule has 0 radical (unpaired) electrons. The summed E-state index contributed by atoms with van der Waals surface area (Å²) in [6.45, 7) is 4.38. The second-order valence-corrected chi connectivity index (χ2v) is 7.37. The van der Waals surface area contributed by atoms with Gasteiger partial charge in [-0.05, 0) is 66.4 Å². The van der Waals surface area contributed by atoms with Gasteiger partial charge in [-0.3, -0.25) is 0 Å². The first-order chi connectivity index (χ1) is 13.9. The Labute approximate surface area is 173 Å². The van der Waals surface area contributed by atoms with Crippen molar-refractivity contribution in [3.8, 4) is 22.6 Å². The molecule has 6 nitrogen and oxygen atoms in total. The van der Waals surface area contributed by atoms with Gasteiger partial charge in [-0.15, -0.1) is 0 Å². The fourth-order valence-corrected chi connectivity index (χ4v) is 3.48. The highest BCUT2D eigenvalue weighted by atomic mass is 35.5. The average Bonchev–Trinajstić information content (AvgIpc) is 2.71. The van der Waals surface area contributed by atoms with Crippen molar-refractivity contribution in [2.75, 3.05) is 0 Å². The number of hydrogen-bond donors (Lipinski definition) is 1. The van der Waals surface area contributed by atoms with Gasteiger partial charge < -0.3 is 4.74 Å². The second-order valence-electron chi connectivity index (χ2n) is 6.99. The predicted octanol–water partition coefficient (Wildman–Crippen LogP) is 4.42. The molecule has 4 rings (SSSR count). The van der Waals surface area contributed by atoms with Gasteiger partial charge in [-0.2, -0.15) is 4.68 Å². The van der Waals surface area contributed by atoms with Crippen molar-refractivity contribution in [3.63, 3.8) is 0 Å². The number of nitrogens with one attached hydrogen (secondary N) is 1. The number of pyridine rings is 1. The van der Waals surface area contributed by atoms with E-state index in [0.717, 1.165) is 39.3 Å². The summed E-state index contributed by atoms with van der Waals surface area (Å²) in [5.74, 6) is 0.795. The summed E-state index contributed by atoms with van der Waals surface area (Å²) in [6.07, 6.45) is 1.69. The van der Waals surface area contributed by atoms with Crippen LogP contribution in [0.5, 0.6) is 5.75 Å². The zero-order valence-corrected chi connectivity index (χ0v) is 17.2. The molecule has 0 unspecified atom stereocenters. The highest BCUT2D eigenvalue weighted by molar-refractivity contribution is 6.29. The molecule has 2 aromatic carbocycles. The third kappa shape index (κ3) is 3.71. The van der Waals surface area contributed by atoms with Gasteiger partial charge in [0.05, 0.1) is 5.69 Å². The first-order valence-corrected chi connectivity index (χ1v) is 9.60. The average molecular weight is 409 g/mol. The number of ether oxygens (including phenoxy) is 1. The molecule has 1 N–H and O–H groups in total. The van der Waals surface area contributed by atoms with Crippen molar-refractivity contribution in [2.24, 2.45) is 7.05 Å². The molecule has 0 atom stereocenters. The van der Waals surface area contributed by atoms with Crippen LogP contribution in [0.4, 0.5) is 0 Å². The topological polar surface area (TPSA) is 64.8 Å². The lowest BCUT2D eigenvalue weighted by atomic mass is 10.0. The molecule has 0 bridgehead atoms. The van der Waals surface area contributed by atoms with Gasteiger partial charge in [0.2, 0.25) is 0 Å². The standard InChI is InChI=1S/C22H21ClN4O2/c1-14-5-4-6-19(27-22(28)26(3)25-27)18(14)13-29-20-8-7-16(11-15(20)2)17-9-10-24-21(23)12-17/h4-12,25H,13H2,1-3H3. The van der Waals surface area contributed by atoms with E-state index in [0.29, 0.717) is 11.8 Å². The molecule has 0 saturated heterocycles. The van der Waals surface area contributed by atoms with Crippen LogP contribution >= 0.6 is 11.6 Å². The molecule has 0 spiro atoms. The van der Waals surface area contributed by atoms with Crippen LogP contribution in [-0.4, -0.2) is 19.6 Å². The van der Waals surface area contributed by atoms with Crippen molar-refractivity contribution in [1.29, 1.82) is 0 Å². The second kappa shape index (κ2) is 7.64. The highest BCUT2D eigenvalue weighted by Gasteiger charge is 2.14. The molecular weight excluding hydrogens is 388 g/mol. The van der Waals surface area contributed by atoms with Crippen LogP contribution in [0.2, 0.25) is 5.15 Å². The van der Waals surface area contributed by atoms with Gasteiger partial charge in [-0.25, -0.2) is 19.7 Å². The quantitative estimate of drug-likeness (QED) is 0.497. The zero-order valence-electron chi connectivity index (χ0n) is 16.4. The van der Waals surface area contributed by atoms with E-state index in [9.17, 15) is 4.79 Å². The lowest BCUT2D eigenvalue weighted by Gasteiger charge is -2.19. The van der Waals surface area contributed by atoms with Gasteiger partial charge in [0.25, 0.3) is 0 Å². The van der Waals surface area contributed by atoms with E-state index in [2.05, 4.69) is 16.3 Å². The van der Waals surface area contributed by atoms with Crippen molar-refractivity contribution in [2.45, 2.75) is 20.5 Å². The summed E-state index contributed by atoms with van der Waals surface area (Å²) >= 11 is 6.00. The summed E-state index contributed by atoms with van der Waals surface area (Å²) in [4.78, 5) is 16.1. The van der Waals surface area contributed by atoms with Gasteiger partial charge in [0, 0.05) is 18.8 Å². The van der Waals surface area contributed by atoms with Crippen molar-refractivity contribution in [3.05, 3.63) is 87.1 Å². The first kappa shape index (κ1) is 19.1. The number of halogens is 1. The van der Waals surface area contributed by atoms with Crippen LogP contribution in [0, 0.1) is 13.8 Å². The Hall–Kier alpha value is -3.25. The monoisotopic (exact) mass is 408 g/mol. The summed E-state index contributed by atoms with van der Waals surface area (Å²) in [7, 11) is 1.69. The molecule has 2 heterocycles. The maximum atomic E-state index is 12.1. The van der Waals surface area contributed by atoms with E-state index < -0.39 is 0 Å². The van der Waals surface area contributed by atoms with Crippen LogP contribution < -0.4 is 10.4 Å². The SMILES string of the molecule is Cc1cc(-c2ccnc(Cl)c2)ccc1OCc1c(C)cccc1-n1[nH]n(C)c1=O. The molecule has 148 valence electrons. The van der Waals surface area contributed by atoms with Gasteiger partial charge in [0.1, 0.15) is 17.5 Å². The van der Waals surface area contributed by atoms with Crippen LogP contribution in [-0.2, 0) is 13.7 Å². The molecule has 7 heteroatoms. The molecule has 29 heavy (non-hydrogen) atoms. The zero-order chi connectivity index (χ0) is 20.5. The summed E-state index contributed by atoms with van der Waals surface area (Å²) < 4.78 is 9.08. The fraction of sp³-hybridized carbons (Fsp3) is 0.182. The summed E-state index contributed by atoms with van der Waals surface area (Å²) in [5.41, 5.74) is 5.80. The molecule has 0 amide bonds. The number of hydrogen-bond acceptors (Lipinski definition) is 3. The summed E-state index contributed by atoms with van der Waals surface area (Å²) in [5, 5.41) is 3.43. The van der Waals surface area contributed by atoms with E-state index in [1.165, 1.54) is 9.36 Å². The maximum Gasteiger partial charge on any atom is 0.364 e. The molecule has 2 aromatic heterocycles. The third-order valence-electron chi connectivity index (χ3n) is 4.96. The van der Waals surface area contributed by atoms with Crippen LogP contribution in [0.25, 0.3) is 16.8 Å². The van der Waals surface area contributed by atoms with Gasteiger partial charge >= 0.3 is 5.69 Å². The van der Waals surface area contributed by atoms with Crippen molar-refractivity contribution >= 4 is 11.6 Å². The van der Waals surface area contributed by atoms with E-state index in [-0.39, 0.29) is 5.69 Å². The smallest absolute Gasteiger partial charge is 0.364 e. The number of H-pyrrole nitrogens is 1. The summed E-state index contributed by atoms with van der Waals surface area (Å²) in [6, 6.07) is 15.6. The van der Waals surface area contributed by atoms with E-state index in [1.54, 1.807) is 13.2 Å². The Morgan fingerprint density at radius 3 is 2.55 bits per heavy atom. The minimum absolute atomic E-state index is 0.103. The number of benzene rings is 2. The Morgan fingerprint density at radius 2 is 1.86 bits per heavy atom. The minimum atomic E-state index is -0.103. The number of nitrogens with zero attached hydrogens (tertiary/aromatic N) is 3. The number of rotatable bonds is 5. The van der Waals surface area contributed by atoms with Gasteiger partial charge in [0.15, 0.2) is 0 Å². The van der Waals surface area contributed by atoms with Crippen molar-refractivity contribution in [1.82, 2.24) is 19.6 Å². The Kier molecular flexibility index (Phi) is 5.03. The molecule has 0 fully saturated rings. The maximum absolute atomic E-state index is 12.1. The molecule has 0 aliphatic heterocycles. The number of aromatic amines is 1. The Balaban J connectivity index is 1.59. The first-order valence-electron chi connectivity index (χ1n) is 9.22. The van der Waals surface area contributed by atoms with Crippen LogP contribution in [0.15, 0.2) is 59.5 Å². The lowest BCUT2D eigenvalue weighted by Crippen LogP contribution is -2.40. The molecule has 0 aliphatic carbocycles. The molecule has 0 saturated carbocycles. The van der Waals surface area contributed by atoms with Crippen molar-refractivity contribution < 1.29 is 4.74 Å². The fourth-order valence-electron chi connectivity index (χ4n) is 3.30. The molecule has 4 aromatic rings. The number of aryl methyl sites for hydroxylation is 3. The highest BCUT2D eigenvalue weighted by Crippen LogP contribution is 2.28. The molecule has 0 aliphatic rings. The third-order valence-corrected chi connectivity index (χ3v) is 5.17. The predicted molar refractivity (Wildman–Crippen MR) is 114 cm³/mol. The Bertz CT molecular complexity index is 1240. The lowest BCUT2D eigenvalue weighted by molar-refractivity contribution is 0.301. The Morgan fingerprint density at radius 1 is 1.07 bits per heavy atom. The number of aromatic nitrogens is 4. The molecular formula is C22H21ClN4O2. The normalized spacial score (nSPS) is 11.0. The minimum Gasteiger partial charge on any atom is -0.489 e. The van der Waals surface area contributed by atoms with Gasteiger partial charge in [-0.1, -0.05) is 29.8 Å². The van der Waals surface area contributed by atoms with E-state index >= 15 is 0 Å². The van der Waals surface area contributed by atoms with Crippen LogP contribution in [0.1, 0.15) is 16.7 Å². The van der Waals surface area contributed by atoms with Crippen LogP contribution in [0.3, 0.4) is 0 Å². The largest absolute Gasteiger partial charge is 0.489 e. The van der Waals surface area contributed by atoms with E-state index in [4.69, 9.17) is 16.3 Å². The van der Waals surface area contributed by atoms with E-state index in [1.807, 2.05) is 56.3 Å².